The van der Waals surface area contributed by atoms with Crippen molar-refractivity contribution in [3.05, 3.63) is 71.3 Å². The Morgan fingerprint density at radius 3 is 2.45 bits per heavy atom. The van der Waals surface area contributed by atoms with E-state index in [4.69, 9.17) is 5.11 Å². The van der Waals surface area contributed by atoms with Gasteiger partial charge in [0.2, 0.25) is 0 Å². The third-order valence-corrected chi connectivity index (χ3v) is 3.09. The first-order chi connectivity index (χ1) is 10.6. The molecule has 0 bridgehead atoms. The summed E-state index contributed by atoms with van der Waals surface area (Å²) < 4.78 is 0. The molecule has 4 heteroatoms. The van der Waals surface area contributed by atoms with Crippen molar-refractivity contribution in [3.8, 4) is 11.8 Å². The molecule has 0 radical (unpaired) electrons. The molecule has 0 spiro atoms. The quantitative estimate of drug-likeness (QED) is 0.760. The second kappa shape index (κ2) is 7.87. The molecule has 1 atom stereocenters. The van der Waals surface area contributed by atoms with Gasteiger partial charge in [0.25, 0.3) is 0 Å². The molecule has 2 aromatic carbocycles. The van der Waals surface area contributed by atoms with Gasteiger partial charge < -0.3 is 15.5 Å². The fraction of sp³-hybridized carbons (Fsp3) is 0.167. The number of amides is 1. The average Bonchev–Trinajstić information content (AvgIpc) is 2.54. The Bertz CT molecular complexity index is 686. The van der Waals surface area contributed by atoms with Crippen LogP contribution in [0.25, 0.3) is 0 Å². The summed E-state index contributed by atoms with van der Waals surface area (Å²) >= 11 is 0. The number of aliphatic hydroxyl groups is 1. The zero-order valence-corrected chi connectivity index (χ0v) is 12.0. The molecule has 0 saturated carbocycles. The maximum absolute atomic E-state index is 10.4. The first-order valence-corrected chi connectivity index (χ1v) is 6.97. The summed E-state index contributed by atoms with van der Waals surface area (Å²) in [5, 5.41) is 20.8. The van der Waals surface area contributed by atoms with E-state index in [1.165, 1.54) is 0 Å². The lowest BCUT2D eigenvalue weighted by Crippen LogP contribution is -2.23. The van der Waals surface area contributed by atoms with Crippen LogP contribution in [0.4, 0.5) is 4.79 Å². The van der Waals surface area contributed by atoms with E-state index < -0.39 is 12.2 Å². The van der Waals surface area contributed by atoms with E-state index in [-0.39, 0.29) is 6.54 Å². The number of hydrogen-bond donors (Lipinski definition) is 3. The number of hydrogen-bond acceptors (Lipinski definition) is 2. The minimum atomic E-state index is -1.09. The van der Waals surface area contributed by atoms with E-state index in [1.54, 1.807) is 6.07 Å². The monoisotopic (exact) mass is 295 g/mol. The maximum Gasteiger partial charge on any atom is 0.404 e. The summed E-state index contributed by atoms with van der Waals surface area (Å²) in [5.74, 6) is 6.12. The molecule has 0 fully saturated rings. The van der Waals surface area contributed by atoms with E-state index in [9.17, 15) is 9.90 Å². The Morgan fingerprint density at radius 1 is 1.05 bits per heavy atom. The van der Waals surface area contributed by atoms with Crippen molar-refractivity contribution in [3.63, 3.8) is 0 Å². The second-order valence-corrected chi connectivity index (χ2v) is 4.78. The van der Waals surface area contributed by atoms with E-state index >= 15 is 0 Å². The molecule has 3 N–H and O–H groups in total. The zero-order chi connectivity index (χ0) is 15.8. The molecule has 0 aliphatic carbocycles. The Kier molecular flexibility index (Phi) is 5.58. The molecule has 0 aliphatic rings. The highest BCUT2D eigenvalue weighted by molar-refractivity contribution is 5.64. The van der Waals surface area contributed by atoms with Crippen LogP contribution in [-0.4, -0.2) is 22.9 Å². The number of carbonyl (C=O) groups is 1. The SMILES string of the molecule is O=C(O)NCCC(O)c1cccc(C#Cc2ccccc2)c1. The summed E-state index contributed by atoms with van der Waals surface area (Å²) in [6.07, 6.45) is -1.48. The summed E-state index contributed by atoms with van der Waals surface area (Å²) in [4.78, 5) is 10.4. The van der Waals surface area contributed by atoms with Crippen molar-refractivity contribution in [1.29, 1.82) is 0 Å². The maximum atomic E-state index is 10.4. The molecule has 4 nitrogen and oxygen atoms in total. The molecule has 0 aliphatic heterocycles. The Balaban J connectivity index is 2.04. The Hall–Kier alpha value is -2.77. The van der Waals surface area contributed by atoms with Gasteiger partial charge in [0.15, 0.2) is 0 Å². The summed E-state index contributed by atoms with van der Waals surface area (Å²) in [6.45, 7) is 0.205. The van der Waals surface area contributed by atoms with Crippen LogP contribution in [-0.2, 0) is 0 Å². The fourth-order valence-electron chi connectivity index (χ4n) is 1.97. The van der Waals surface area contributed by atoms with Crippen molar-refractivity contribution < 1.29 is 15.0 Å². The minimum Gasteiger partial charge on any atom is -0.465 e. The van der Waals surface area contributed by atoms with Gasteiger partial charge in [-0.3, -0.25) is 0 Å². The van der Waals surface area contributed by atoms with E-state index in [0.29, 0.717) is 6.42 Å². The lowest BCUT2D eigenvalue weighted by atomic mass is 10.0. The lowest BCUT2D eigenvalue weighted by Gasteiger charge is -2.11. The largest absolute Gasteiger partial charge is 0.465 e. The molecule has 112 valence electrons. The second-order valence-electron chi connectivity index (χ2n) is 4.78. The average molecular weight is 295 g/mol. The van der Waals surface area contributed by atoms with E-state index in [0.717, 1.165) is 16.7 Å². The van der Waals surface area contributed by atoms with Gasteiger partial charge in [-0.1, -0.05) is 42.2 Å². The smallest absolute Gasteiger partial charge is 0.404 e. The topological polar surface area (TPSA) is 69.6 Å². The first-order valence-electron chi connectivity index (χ1n) is 6.97. The number of aliphatic hydroxyl groups excluding tert-OH is 1. The zero-order valence-electron chi connectivity index (χ0n) is 12.0. The third-order valence-electron chi connectivity index (χ3n) is 3.09. The molecule has 2 aromatic rings. The number of rotatable bonds is 4. The van der Waals surface area contributed by atoms with Crippen LogP contribution < -0.4 is 5.32 Å². The van der Waals surface area contributed by atoms with Crippen molar-refractivity contribution in [2.75, 3.05) is 6.54 Å². The third kappa shape index (κ3) is 4.97. The van der Waals surface area contributed by atoms with Crippen molar-refractivity contribution in [2.45, 2.75) is 12.5 Å². The summed E-state index contributed by atoms with van der Waals surface area (Å²) in [5.41, 5.74) is 2.47. The van der Waals surface area contributed by atoms with Gasteiger partial charge in [-0.15, -0.1) is 0 Å². The van der Waals surface area contributed by atoms with Crippen LogP contribution in [0.1, 0.15) is 29.2 Å². The van der Waals surface area contributed by atoms with Gasteiger partial charge >= 0.3 is 6.09 Å². The first kappa shape index (κ1) is 15.6. The number of nitrogens with one attached hydrogen (secondary N) is 1. The molecule has 22 heavy (non-hydrogen) atoms. The standard InChI is InChI=1S/C18H17NO3/c20-17(11-12-19-18(21)22)16-8-4-7-15(13-16)10-9-14-5-2-1-3-6-14/h1-8,13,17,19-20H,11-12H2,(H,21,22). The highest BCUT2D eigenvalue weighted by Gasteiger charge is 2.08. The molecule has 0 aromatic heterocycles. The Morgan fingerprint density at radius 2 is 1.73 bits per heavy atom. The molecule has 0 saturated heterocycles. The molecular weight excluding hydrogens is 278 g/mol. The lowest BCUT2D eigenvalue weighted by molar-refractivity contribution is 0.162. The number of benzene rings is 2. The van der Waals surface area contributed by atoms with Gasteiger partial charge in [0.05, 0.1) is 6.10 Å². The molecular formula is C18H17NO3. The highest BCUT2D eigenvalue weighted by atomic mass is 16.4. The molecule has 1 unspecified atom stereocenters. The van der Waals surface area contributed by atoms with Crippen LogP contribution >= 0.6 is 0 Å². The van der Waals surface area contributed by atoms with Crippen LogP contribution in [0.3, 0.4) is 0 Å². The summed E-state index contributed by atoms with van der Waals surface area (Å²) in [7, 11) is 0. The predicted molar refractivity (Wildman–Crippen MR) is 84.5 cm³/mol. The van der Waals surface area contributed by atoms with Crippen molar-refractivity contribution >= 4 is 6.09 Å². The highest BCUT2D eigenvalue weighted by Crippen LogP contribution is 2.17. The number of carboxylic acid groups (broad SMARTS) is 1. The van der Waals surface area contributed by atoms with Crippen molar-refractivity contribution in [1.82, 2.24) is 5.32 Å². The van der Waals surface area contributed by atoms with Gasteiger partial charge in [-0.05, 0) is 36.2 Å². The van der Waals surface area contributed by atoms with Gasteiger partial charge in [0, 0.05) is 17.7 Å². The van der Waals surface area contributed by atoms with Gasteiger partial charge in [-0.2, -0.15) is 0 Å². The fourth-order valence-corrected chi connectivity index (χ4v) is 1.97. The van der Waals surface area contributed by atoms with Crippen LogP contribution in [0.2, 0.25) is 0 Å². The summed E-state index contributed by atoms with van der Waals surface area (Å²) in [6, 6.07) is 17.0. The molecule has 1 amide bonds. The van der Waals surface area contributed by atoms with Gasteiger partial charge in [-0.25, -0.2) is 4.79 Å². The van der Waals surface area contributed by atoms with E-state index in [2.05, 4.69) is 17.2 Å². The van der Waals surface area contributed by atoms with Crippen LogP contribution in [0.15, 0.2) is 54.6 Å². The minimum absolute atomic E-state index is 0.205. The van der Waals surface area contributed by atoms with E-state index in [1.807, 2.05) is 48.5 Å². The Labute approximate surface area is 129 Å². The van der Waals surface area contributed by atoms with Crippen LogP contribution in [0.5, 0.6) is 0 Å². The van der Waals surface area contributed by atoms with Crippen LogP contribution in [0, 0.1) is 11.8 Å². The molecule has 0 heterocycles. The normalized spacial score (nSPS) is 11.1. The van der Waals surface area contributed by atoms with Crippen molar-refractivity contribution in [2.24, 2.45) is 0 Å². The predicted octanol–water partition coefficient (Wildman–Crippen LogP) is 2.78. The van der Waals surface area contributed by atoms with Gasteiger partial charge in [0.1, 0.15) is 0 Å². The molecule has 2 rings (SSSR count).